The Kier molecular flexibility index (Phi) is 7.12. The molecule has 2 nitrogen and oxygen atoms in total. The third kappa shape index (κ3) is 4.99. The Morgan fingerprint density at radius 3 is 0.977 bits per heavy atom. The fourth-order valence-electron chi connectivity index (χ4n) is 6.27. The fourth-order valence-corrected chi connectivity index (χ4v) is 6.27. The van der Waals surface area contributed by atoms with Gasteiger partial charge in [0, 0.05) is 34.1 Å². The van der Waals surface area contributed by atoms with E-state index in [1.54, 1.807) is 0 Å². The molecule has 44 heavy (non-hydrogen) atoms. The van der Waals surface area contributed by atoms with Crippen molar-refractivity contribution in [1.29, 1.82) is 0 Å². The molecular weight excluding hydrogens is 532 g/mol. The van der Waals surface area contributed by atoms with Crippen LogP contribution in [0.1, 0.15) is 22.3 Å². The van der Waals surface area contributed by atoms with Crippen LogP contribution >= 0.6 is 0 Å². The Hall–Kier alpha value is -5.34. The van der Waals surface area contributed by atoms with Crippen LogP contribution in [-0.4, -0.2) is 0 Å². The molecule has 0 aromatic heterocycles. The van der Waals surface area contributed by atoms with Crippen LogP contribution in [0.5, 0.6) is 0 Å². The van der Waals surface area contributed by atoms with Gasteiger partial charge in [-0.05, 0) is 133 Å². The Balaban J connectivity index is 1.39. The van der Waals surface area contributed by atoms with Gasteiger partial charge in [0.2, 0.25) is 0 Å². The third-order valence-corrected chi connectivity index (χ3v) is 8.80. The predicted octanol–water partition coefficient (Wildman–Crippen LogP) is 12.2. The predicted molar refractivity (Wildman–Crippen MR) is 190 cm³/mol. The van der Waals surface area contributed by atoms with Gasteiger partial charge in [0.05, 0.1) is 0 Å². The molecule has 0 bridgehead atoms. The molecule has 0 heterocycles. The second kappa shape index (κ2) is 11.4. The molecular formula is C42H36N2. The molecule has 7 aromatic carbocycles. The molecule has 0 radical (unpaired) electrons. The topological polar surface area (TPSA) is 6.48 Å². The van der Waals surface area contributed by atoms with Crippen LogP contribution < -0.4 is 9.80 Å². The fraction of sp³-hybridized carbons (Fsp3) is 0.0952. The van der Waals surface area contributed by atoms with E-state index in [4.69, 9.17) is 0 Å². The van der Waals surface area contributed by atoms with Gasteiger partial charge in [0.15, 0.2) is 0 Å². The van der Waals surface area contributed by atoms with Crippen molar-refractivity contribution in [2.75, 3.05) is 9.80 Å². The van der Waals surface area contributed by atoms with Crippen LogP contribution in [0.25, 0.3) is 21.5 Å². The highest BCUT2D eigenvalue weighted by Crippen LogP contribution is 2.42. The summed E-state index contributed by atoms with van der Waals surface area (Å²) < 4.78 is 0. The van der Waals surface area contributed by atoms with Gasteiger partial charge in [-0.2, -0.15) is 0 Å². The highest BCUT2D eigenvalue weighted by atomic mass is 15.1. The van der Waals surface area contributed by atoms with E-state index in [-0.39, 0.29) is 0 Å². The summed E-state index contributed by atoms with van der Waals surface area (Å²) in [6.45, 7) is 8.80. The quantitative estimate of drug-likeness (QED) is 0.184. The van der Waals surface area contributed by atoms with Crippen LogP contribution in [0, 0.1) is 27.7 Å². The molecule has 0 N–H and O–H groups in total. The van der Waals surface area contributed by atoms with Crippen LogP contribution in [0.2, 0.25) is 0 Å². The number of fused-ring (bicyclic) bond motifs is 3. The maximum absolute atomic E-state index is 2.36. The van der Waals surface area contributed by atoms with Crippen molar-refractivity contribution < 1.29 is 0 Å². The van der Waals surface area contributed by atoms with Gasteiger partial charge in [-0.25, -0.2) is 0 Å². The Bertz CT molecular complexity index is 1920. The lowest BCUT2D eigenvalue weighted by atomic mass is 9.92. The van der Waals surface area contributed by atoms with E-state index < -0.39 is 0 Å². The summed E-state index contributed by atoms with van der Waals surface area (Å²) in [5, 5.41) is 5.12. The zero-order chi connectivity index (χ0) is 30.2. The normalized spacial score (nSPS) is 11.2. The highest BCUT2D eigenvalue weighted by Gasteiger charge is 2.18. The lowest BCUT2D eigenvalue weighted by molar-refractivity contribution is 1.27. The van der Waals surface area contributed by atoms with Crippen LogP contribution in [-0.2, 0) is 0 Å². The number of aryl methyl sites for hydroxylation is 4. The SMILES string of the molecule is Cc1ccc(N(c2ccccc2)c2ccc3c(c2)c(C)c(C)c2cc(N(c4ccccc4)c4ccc(C)cc4)ccc23)cc1. The molecule has 7 rings (SSSR count). The molecule has 0 saturated carbocycles. The van der Waals surface area contributed by atoms with Crippen LogP contribution in [0.3, 0.4) is 0 Å². The number of benzene rings is 7. The minimum absolute atomic E-state index is 1.15. The van der Waals surface area contributed by atoms with Gasteiger partial charge in [-0.1, -0.05) is 83.9 Å². The Morgan fingerprint density at radius 1 is 0.295 bits per heavy atom. The van der Waals surface area contributed by atoms with Crippen molar-refractivity contribution in [3.8, 4) is 0 Å². The van der Waals surface area contributed by atoms with Gasteiger partial charge in [-0.3, -0.25) is 0 Å². The molecule has 0 unspecified atom stereocenters. The minimum atomic E-state index is 1.15. The summed E-state index contributed by atoms with van der Waals surface area (Å²) in [7, 11) is 0. The molecule has 0 atom stereocenters. The van der Waals surface area contributed by atoms with Crippen molar-refractivity contribution in [2.45, 2.75) is 27.7 Å². The van der Waals surface area contributed by atoms with Gasteiger partial charge in [0.25, 0.3) is 0 Å². The lowest BCUT2D eigenvalue weighted by Gasteiger charge is -2.27. The maximum atomic E-state index is 2.36. The van der Waals surface area contributed by atoms with E-state index >= 15 is 0 Å². The summed E-state index contributed by atoms with van der Waals surface area (Å²) in [6.07, 6.45) is 0. The summed E-state index contributed by atoms with van der Waals surface area (Å²) in [6, 6.07) is 52.7. The third-order valence-electron chi connectivity index (χ3n) is 8.80. The summed E-state index contributed by atoms with van der Waals surface area (Å²) in [5.41, 5.74) is 12.0. The summed E-state index contributed by atoms with van der Waals surface area (Å²) in [5.74, 6) is 0. The van der Waals surface area contributed by atoms with E-state index in [2.05, 4.69) is 183 Å². The Labute approximate surface area is 260 Å². The van der Waals surface area contributed by atoms with Crippen molar-refractivity contribution in [1.82, 2.24) is 0 Å². The van der Waals surface area contributed by atoms with E-state index in [1.807, 2.05) is 0 Å². The van der Waals surface area contributed by atoms with E-state index in [9.17, 15) is 0 Å². The molecule has 0 aliphatic heterocycles. The van der Waals surface area contributed by atoms with Crippen LogP contribution in [0.15, 0.2) is 146 Å². The first-order valence-corrected chi connectivity index (χ1v) is 15.3. The number of hydrogen-bond donors (Lipinski definition) is 0. The van der Waals surface area contributed by atoms with Gasteiger partial charge < -0.3 is 9.80 Å². The standard InChI is InChI=1S/C42H36N2/c1-29-15-19-35(20-16-29)43(33-11-7-5-8-12-33)37-23-25-39-40-26-24-38(28-42(40)32(4)31(3)41(39)27-37)44(34-13-9-6-10-14-34)36-21-17-30(2)18-22-36/h5-28H,1-4H3. The average Bonchev–Trinajstić information content (AvgIpc) is 3.07. The maximum Gasteiger partial charge on any atom is 0.0468 e. The first-order valence-electron chi connectivity index (χ1n) is 15.3. The first kappa shape index (κ1) is 27.5. The zero-order valence-electron chi connectivity index (χ0n) is 25.8. The van der Waals surface area contributed by atoms with Crippen molar-refractivity contribution in [3.05, 3.63) is 168 Å². The lowest BCUT2D eigenvalue weighted by Crippen LogP contribution is -2.10. The first-order chi connectivity index (χ1) is 21.5. The molecule has 0 amide bonds. The van der Waals surface area contributed by atoms with Crippen LogP contribution in [0.4, 0.5) is 34.1 Å². The molecule has 0 aliphatic carbocycles. The second-order valence-corrected chi connectivity index (χ2v) is 11.7. The number of anilines is 6. The number of nitrogens with zero attached hydrogens (tertiary/aromatic N) is 2. The molecule has 0 aliphatic rings. The monoisotopic (exact) mass is 568 g/mol. The van der Waals surface area contributed by atoms with E-state index in [0.29, 0.717) is 0 Å². The molecule has 214 valence electrons. The van der Waals surface area contributed by atoms with E-state index in [0.717, 1.165) is 34.1 Å². The molecule has 0 spiro atoms. The highest BCUT2D eigenvalue weighted by molar-refractivity contribution is 6.12. The van der Waals surface area contributed by atoms with Gasteiger partial charge >= 0.3 is 0 Å². The van der Waals surface area contributed by atoms with Crippen molar-refractivity contribution in [2.24, 2.45) is 0 Å². The van der Waals surface area contributed by atoms with E-state index in [1.165, 1.54) is 43.8 Å². The number of hydrogen-bond acceptors (Lipinski definition) is 2. The van der Waals surface area contributed by atoms with Crippen molar-refractivity contribution >= 4 is 55.7 Å². The summed E-state index contributed by atoms with van der Waals surface area (Å²) >= 11 is 0. The van der Waals surface area contributed by atoms with Crippen molar-refractivity contribution in [3.63, 3.8) is 0 Å². The smallest absolute Gasteiger partial charge is 0.0468 e. The zero-order valence-corrected chi connectivity index (χ0v) is 25.8. The van der Waals surface area contributed by atoms with Gasteiger partial charge in [-0.15, -0.1) is 0 Å². The summed E-state index contributed by atoms with van der Waals surface area (Å²) in [4.78, 5) is 4.69. The molecule has 2 heteroatoms. The number of rotatable bonds is 6. The minimum Gasteiger partial charge on any atom is -0.310 e. The average molecular weight is 569 g/mol. The van der Waals surface area contributed by atoms with Gasteiger partial charge in [0.1, 0.15) is 0 Å². The molecule has 0 saturated heterocycles. The Morgan fingerprint density at radius 2 is 0.614 bits per heavy atom. The molecule has 0 fully saturated rings. The molecule has 7 aromatic rings. The largest absolute Gasteiger partial charge is 0.310 e. The number of para-hydroxylation sites is 2. The second-order valence-electron chi connectivity index (χ2n) is 11.7.